The topological polar surface area (TPSA) is 76.9 Å². The van der Waals surface area contributed by atoms with Crippen molar-refractivity contribution in [1.82, 2.24) is 15.0 Å². The first-order chi connectivity index (χ1) is 9.08. The molecule has 1 amide bonds. The number of nitrogens with one attached hydrogen (secondary N) is 1. The van der Waals surface area contributed by atoms with Crippen LogP contribution in [0.3, 0.4) is 0 Å². The lowest BCUT2D eigenvalue weighted by molar-refractivity contribution is -0.116. The fourth-order valence-electron chi connectivity index (χ4n) is 1.37. The van der Waals surface area contributed by atoms with Gasteiger partial charge in [-0.2, -0.15) is 0 Å². The Labute approximate surface area is 112 Å². The molecular weight excluding hydrogens is 275 g/mol. The van der Waals surface area contributed by atoms with E-state index in [1.54, 1.807) is 0 Å². The van der Waals surface area contributed by atoms with Gasteiger partial charge < -0.3 is 5.32 Å². The van der Waals surface area contributed by atoms with Crippen molar-refractivity contribution in [3.63, 3.8) is 0 Å². The van der Waals surface area contributed by atoms with Crippen LogP contribution in [0.4, 0.5) is 10.1 Å². The zero-order chi connectivity index (χ0) is 13.8. The van der Waals surface area contributed by atoms with Gasteiger partial charge in [-0.05, 0) is 18.2 Å². The van der Waals surface area contributed by atoms with Crippen LogP contribution in [0.25, 0.3) is 0 Å². The smallest absolute Gasteiger partial charge is 0.246 e. The summed E-state index contributed by atoms with van der Waals surface area (Å²) in [6.45, 7) is -0.115. The molecule has 0 radical (unpaired) electrons. The van der Waals surface area contributed by atoms with Gasteiger partial charge in [0.2, 0.25) is 5.91 Å². The second kappa shape index (κ2) is 5.57. The number of nitrogens with zero attached hydrogens (tertiary/aromatic N) is 3. The summed E-state index contributed by atoms with van der Waals surface area (Å²) in [7, 11) is 0. The molecule has 0 spiro atoms. The average molecular weight is 283 g/mol. The Morgan fingerprint density at radius 3 is 2.95 bits per heavy atom. The van der Waals surface area contributed by atoms with Crippen LogP contribution in [0.2, 0.25) is 5.02 Å². The van der Waals surface area contributed by atoms with E-state index in [4.69, 9.17) is 11.6 Å². The van der Waals surface area contributed by atoms with Crippen molar-refractivity contribution in [3.05, 3.63) is 40.9 Å². The maximum Gasteiger partial charge on any atom is 0.246 e. The van der Waals surface area contributed by atoms with E-state index >= 15 is 0 Å². The predicted octanol–water partition coefficient (Wildman–Crippen LogP) is 1.52. The van der Waals surface area contributed by atoms with Gasteiger partial charge in [0, 0.05) is 5.69 Å². The number of aromatic nitrogens is 3. The minimum atomic E-state index is -0.563. The third-order valence-corrected chi connectivity index (χ3v) is 2.48. The zero-order valence-corrected chi connectivity index (χ0v) is 10.3. The van der Waals surface area contributed by atoms with Gasteiger partial charge in [0.05, 0.1) is 11.2 Å². The maximum absolute atomic E-state index is 12.9. The Hall–Kier alpha value is -2.28. The van der Waals surface area contributed by atoms with Crippen molar-refractivity contribution in [2.24, 2.45) is 0 Å². The first kappa shape index (κ1) is 13.2. The first-order valence-electron chi connectivity index (χ1n) is 5.18. The molecule has 0 saturated heterocycles. The number of rotatable bonds is 4. The van der Waals surface area contributed by atoms with Gasteiger partial charge in [-0.3, -0.25) is 9.59 Å². The normalized spacial score (nSPS) is 10.2. The third kappa shape index (κ3) is 3.35. The fourth-order valence-corrected chi connectivity index (χ4v) is 1.55. The molecule has 6 nitrogen and oxygen atoms in total. The molecule has 0 bridgehead atoms. The van der Waals surface area contributed by atoms with Gasteiger partial charge in [0.25, 0.3) is 0 Å². The maximum atomic E-state index is 12.9. The molecular formula is C11H8ClFN4O2. The Bertz CT molecular complexity index is 629. The molecule has 0 aliphatic rings. The molecule has 1 aromatic carbocycles. The predicted molar refractivity (Wildman–Crippen MR) is 65.4 cm³/mol. The number of hydrogen-bond acceptors (Lipinski definition) is 4. The highest BCUT2D eigenvalue weighted by atomic mass is 35.5. The van der Waals surface area contributed by atoms with Crippen LogP contribution in [0.5, 0.6) is 0 Å². The second-order valence-corrected chi connectivity index (χ2v) is 4.04. The largest absolute Gasteiger partial charge is 0.324 e. The highest BCUT2D eigenvalue weighted by Gasteiger charge is 2.07. The van der Waals surface area contributed by atoms with E-state index in [2.05, 4.69) is 15.6 Å². The lowest BCUT2D eigenvalue weighted by Gasteiger charge is -2.05. The van der Waals surface area contributed by atoms with Crippen molar-refractivity contribution in [2.45, 2.75) is 6.54 Å². The summed E-state index contributed by atoms with van der Waals surface area (Å²) >= 11 is 5.59. The molecule has 1 N–H and O–H groups in total. The number of carbonyl (C=O) groups is 2. The molecule has 19 heavy (non-hydrogen) atoms. The molecule has 1 aromatic heterocycles. The van der Waals surface area contributed by atoms with Crippen molar-refractivity contribution in [2.75, 3.05) is 5.32 Å². The second-order valence-electron chi connectivity index (χ2n) is 3.64. The molecule has 0 saturated carbocycles. The minimum absolute atomic E-state index is 0.0817. The molecule has 8 heteroatoms. The van der Waals surface area contributed by atoms with Crippen LogP contribution in [-0.2, 0) is 11.3 Å². The van der Waals surface area contributed by atoms with Crippen LogP contribution in [-0.4, -0.2) is 27.2 Å². The highest BCUT2D eigenvalue weighted by Crippen LogP contribution is 2.19. The number of anilines is 1. The van der Waals surface area contributed by atoms with Crippen LogP contribution >= 0.6 is 11.6 Å². The summed E-state index contributed by atoms with van der Waals surface area (Å²) in [5, 5.41) is 9.54. The van der Waals surface area contributed by atoms with E-state index in [9.17, 15) is 14.0 Å². The number of carbonyl (C=O) groups excluding carboxylic acids is 2. The molecule has 98 valence electrons. The van der Waals surface area contributed by atoms with Gasteiger partial charge >= 0.3 is 0 Å². The van der Waals surface area contributed by atoms with E-state index in [1.807, 2.05) is 0 Å². The quantitative estimate of drug-likeness (QED) is 0.863. The summed E-state index contributed by atoms with van der Waals surface area (Å²) in [4.78, 5) is 22.1. The van der Waals surface area contributed by atoms with Crippen LogP contribution in [0.1, 0.15) is 10.5 Å². The average Bonchev–Trinajstić information content (AvgIpc) is 2.81. The van der Waals surface area contributed by atoms with Gasteiger partial charge in [-0.25, -0.2) is 9.07 Å². The Kier molecular flexibility index (Phi) is 3.86. The van der Waals surface area contributed by atoms with E-state index < -0.39 is 11.7 Å². The van der Waals surface area contributed by atoms with Crippen LogP contribution in [0, 0.1) is 5.82 Å². The summed E-state index contributed by atoms with van der Waals surface area (Å²) in [5.41, 5.74) is 0.504. The number of aldehydes is 1. The van der Waals surface area contributed by atoms with E-state index in [0.717, 1.165) is 6.07 Å². The van der Waals surface area contributed by atoms with Crippen molar-refractivity contribution >= 4 is 29.5 Å². The van der Waals surface area contributed by atoms with E-state index in [0.29, 0.717) is 12.0 Å². The highest BCUT2D eigenvalue weighted by molar-refractivity contribution is 6.31. The molecule has 2 rings (SSSR count). The molecule has 0 aliphatic heterocycles. The van der Waals surface area contributed by atoms with Gasteiger partial charge in [0.1, 0.15) is 18.1 Å². The number of benzene rings is 1. The molecule has 0 atom stereocenters. The van der Waals surface area contributed by atoms with E-state index in [-0.39, 0.29) is 17.3 Å². The lowest BCUT2D eigenvalue weighted by atomic mass is 10.3. The molecule has 0 aliphatic carbocycles. The zero-order valence-electron chi connectivity index (χ0n) is 9.51. The number of amides is 1. The summed E-state index contributed by atoms with van der Waals surface area (Å²) < 4.78 is 14.1. The van der Waals surface area contributed by atoms with Gasteiger partial charge in [0.15, 0.2) is 6.29 Å². The van der Waals surface area contributed by atoms with Crippen molar-refractivity contribution in [1.29, 1.82) is 0 Å². The molecule has 0 fully saturated rings. The van der Waals surface area contributed by atoms with E-state index in [1.165, 1.54) is 23.0 Å². The summed E-state index contributed by atoms with van der Waals surface area (Å²) in [6.07, 6.45) is 1.87. The Balaban J connectivity index is 2.00. The lowest BCUT2D eigenvalue weighted by Crippen LogP contribution is -2.19. The first-order valence-corrected chi connectivity index (χ1v) is 5.56. The summed E-state index contributed by atoms with van der Waals surface area (Å²) in [5.74, 6) is -0.961. The van der Waals surface area contributed by atoms with Crippen LogP contribution in [0.15, 0.2) is 24.4 Å². The number of halogens is 2. The monoisotopic (exact) mass is 282 g/mol. The fraction of sp³-hybridized carbons (Fsp3) is 0.0909. The number of hydrogen-bond donors (Lipinski definition) is 1. The Morgan fingerprint density at radius 1 is 1.53 bits per heavy atom. The van der Waals surface area contributed by atoms with Crippen molar-refractivity contribution < 1.29 is 14.0 Å². The summed E-state index contributed by atoms with van der Waals surface area (Å²) in [6, 6.07) is 3.84. The molecule has 2 aromatic rings. The third-order valence-electron chi connectivity index (χ3n) is 2.19. The van der Waals surface area contributed by atoms with Crippen molar-refractivity contribution in [3.8, 4) is 0 Å². The van der Waals surface area contributed by atoms with Crippen LogP contribution < -0.4 is 5.32 Å². The van der Waals surface area contributed by atoms with Gasteiger partial charge in [-0.15, -0.1) is 5.10 Å². The minimum Gasteiger partial charge on any atom is -0.324 e. The molecule has 1 heterocycles. The molecule has 0 unspecified atom stereocenters. The SMILES string of the molecule is O=Cc1cn(CC(=O)Nc2ccc(F)c(Cl)c2)nn1. The van der Waals surface area contributed by atoms with Gasteiger partial charge in [-0.1, -0.05) is 16.8 Å². The standard InChI is InChI=1S/C11H8ClFN4O2/c12-9-3-7(1-2-10(9)13)14-11(19)5-17-4-8(6-18)15-16-17/h1-4,6H,5H2,(H,14,19). The Morgan fingerprint density at radius 2 is 2.32 bits per heavy atom.